The summed E-state index contributed by atoms with van der Waals surface area (Å²) in [5, 5.41) is 7.24. The molecule has 23 heavy (non-hydrogen) atoms. The molecule has 0 unspecified atom stereocenters. The number of nitrogens with zero attached hydrogens (tertiary/aromatic N) is 5. The smallest absolute Gasteiger partial charge is 0.225 e. The highest BCUT2D eigenvalue weighted by molar-refractivity contribution is 5.80. The lowest BCUT2D eigenvalue weighted by Crippen LogP contribution is -2.32. The van der Waals surface area contributed by atoms with Crippen LogP contribution in [0.4, 0.5) is 10.2 Å². The van der Waals surface area contributed by atoms with Crippen LogP contribution in [-0.4, -0.2) is 43.6 Å². The van der Waals surface area contributed by atoms with Crippen molar-refractivity contribution in [2.75, 3.05) is 12.4 Å². The number of likely N-dealkylation sites (N-methyl/N-ethyl adjacent to an activating group) is 1. The number of anilines is 1. The lowest BCUT2D eigenvalue weighted by molar-refractivity contribution is -0.127. The van der Waals surface area contributed by atoms with Crippen molar-refractivity contribution in [3.05, 3.63) is 35.8 Å². The molecule has 1 saturated heterocycles. The van der Waals surface area contributed by atoms with Gasteiger partial charge < -0.3 is 10.2 Å². The summed E-state index contributed by atoms with van der Waals surface area (Å²) in [7, 11) is 3.57. The Morgan fingerprint density at radius 1 is 1.39 bits per heavy atom. The minimum Gasteiger partial charge on any atom is -0.362 e. The van der Waals surface area contributed by atoms with E-state index in [4.69, 9.17) is 0 Å². The SMILES string of the molecule is CCc1ncnc(N[C@@H]2CC(=O)N(C)[C@H]2c2ccnn2C)c1F. The highest BCUT2D eigenvalue weighted by Crippen LogP contribution is 2.33. The molecule has 2 atom stereocenters. The Morgan fingerprint density at radius 3 is 2.83 bits per heavy atom. The number of aryl methyl sites for hydroxylation is 2. The number of carbonyl (C=O) groups excluding carboxylic acids is 1. The van der Waals surface area contributed by atoms with Crippen LogP contribution in [0.2, 0.25) is 0 Å². The monoisotopic (exact) mass is 318 g/mol. The first-order valence-electron chi connectivity index (χ1n) is 7.52. The van der Waals surface area contributed by atoms with Crippen molar-refractivity contribution in [3.63, 3.8) is 0 Å². The summed E-state index contributed by atoms with van der Waals surface area (Å²) in [6, 6.07) is 1.36. The van der Waals surface area contributed by atoms with Crippen LogP contribution in [0, 0.1) is 5.82 Å². The van der Waals surface area contributed by atoms with Crippen molar-refractivity contribution < 1.29 is 9.18 Å². The molecule has 0 radical (unpaired) electrons. The highest BCUT2D eigenvalue weighted by atomic mass is 19.1. The zero-order valence-corrected chi connectivity index (χ0v) is 13.3. The molecular weight excluding hydrogens is 299 g/mol. The first-order chi connectivity index (χ1) is 11.0. The summed E-state index contributed by atoms with van der Waals surface area (Å²) < 4.78 is 16.1. The van der Waals surface area contributed by atoms with Gasteiger partial charge in [0.1, 0.15) is 6.33 Å². The highest BCUT2D eigenvalue weighted by Gasteiger charge is 2.40. The number of likely N-dealkylation sites (tertiary alicyclic amines) is 1. The predicted octanol–water partition coefficient (Wildman–Crippen LogP) is 1.30. The van der Waals surface area contributed by atoms with Crippen molar-refractivity contribution in [2.24, 2.45) is 7.05 Å². The zero-order chi connectivity index (χ0) is 16.6. The summed E-state index contributed by atoms with van der Waals surface area (Å²) in [5.41, 5.74) is 1.25. The summed E-state index contributed by atoms with van der Waals surface area (Å²) in [6.07, 6.45) is 3.78. The third-order valence-electron chi connectivity index (χ3n) is 4.27. The van der Waals surface area contributed by atoms with E-state index in [0.29, 0.717) is 12.1 Å². The van der Waals surface area contributed by atoms with Crippen LogP contribution < -0.4 is 5.32 Å². The average molecular weight is 318 g/mol. The lowest BCUT2D eigenvalue weighted by Gasteiger charge is -2.26. The molecule has 3 rings (SSSR count). The topological polar surface area (TPSA) is 75.9 Å². The van der Waals surface area contributed by atoms with E-state index < -0.39 is 5.82 Å². The standard InChI is InChI=1S/C15H19FN6O/c1-4-9-13(16)15(18-8-17-9)20-10-7-12(23)21(2)14(10)11-5-6-19-22(11)3/h5-6,8,10,14H,4,7H2,1-3H3,(H,17,18,20)/t10-,14-/m1/s1. The Balaban J connectivity index is 1.92. The predicted molar refractivity (Wildman–Crippen MR) is 82.1 cm³/mol. The average Bonchev–Trinajstić information content (AvgIpc) is 3.05. The molecule has 2 aromatic heterocycles. The van der Waals surface area contributed by atoms with Crippen LogP contribution in [0.1, 0.15) is 30.8 Å². The van der Waals surface area contributed by atoms with E-state index in [0.717, 1.165) is 5.69 Å². The maximum atomic E-state index is 14.4. The Labute approximate surface area is 133 Å². The minimum atomic E-state index is -0.458. The molecule has 1 N–H and O–H groups in total. The van der Waals surface area contributed by atoms with E-state index in [2.05, 4.69) is 20.4 Å². The Kier molecular flexibility index (Phi) is 3.97. The normalized spacial score (nSPS) is 21.0. The molecule has 2 aromatic rings. The third kappa shape index (κ3) is 2.64. The number of aromatic nitrogens is 4. The number of hydrogen-bond donors (Lipinski definition) is 1. The van der Waals surface area contributed by atoms with Crippen LogP contribution in [-0.2, 0) is 18.3 Å². The molecule has 122 valence electrons. The molecule has 0 spiro atoms. The molecule has 7 nitrogen and oxygen atoms in total. The third-order valence-corrected chi connectivity index (χ3v) is 4.27. The number of halogens is 1. The first kappa shape index (κ1) is 15.4. The van der Waals surface area contributed by atoms with Crippen molar-refractivity contribution in [3.8, 4) is 0 Å². The summed E-state index contributed by atoms with van der Waals surface area (Å²) in [5.74, 6) is -0.322. The molecule has 1 aliphatic heterocycles. The van der Waals surface area contributed by atoms with Gasteiger partial charge in [0.15, 0.2) is 11.6 Å². The second-order valence-corrected chi connectivity index (χ2v) is 5.62. The van der Waals surface area contributed by atoms with Gasteiger partial charge in [-0.15, -0.1) is 0 Å². The van der Waals surface area contributed by atoms with Gasteiger partial charge in [-0.1, -0.05) is 6.92 Å². The number of hydrogen-bond acceptors (Lipinski definition) is 5. The van der Waals surface area contributed by atoms with E-state index in [1.165, 1.54) is 6.33 Å². The molecule has 0 bridgehead atoms. The molecule has 1 fully saturated rings. The Morgan fingerprint density at radius 2 is 2.17 bits per heavy atom. The fourth-order valence-electron chi connectivity index (χ4n) is 3.01. The van der Waals surface area contributed by atoms with Crippen molar-refractivity contribution in [2.45, 2.75) is 31.8 Å². The second kappa shape index (κ2) is 5.94. The number of carbonyl (C=O) groups is 1. The summed E-state index contributed by atoms with van der Waals surface area (Å²) >= 11 is 0. The Hall–Kier alpha value is -2.51. The number of nitrogens with one attached hydrogen (secondary N) is 1. The first-order valence-corrected chi connectivity index (χ1v) is 7.52. The van der Waals surface area contributed by atoms with Gasteiger partial charge in [-0.05, 0) is 12.5 Å². The molecular formula is C15H19FN6O. The fourth-order valence-corrected chi connectivity index (χ4v) is 3.01. The largest absolute Gasteiger partial charge is 0.362 e. The number of rotatable bonds is 4. The quantitative estimate of drug-likeness (QED) is 0.919. The molecule has 1 aliphatic rings. The van der Waals surface area contributed by atoms with E-state index >= 15 is 0 Å². The van der Waals surface area contributed by atoms with Gasteiger partial charge >= 0.3 is 0 Å². The van der Waals surface area contributed by atoms with Gasteiger partial charge in [0.25, 0.3) is 0 Å². The lowest BCUT2D eigenvalue weighted by atomic mass is 10.1. The molecule has 3 heterocycles. The van der Waals surface area contributed by atoms with E-state index in [1.807, 2.05) is 20.0 Å². The van der Waals surface area contributed by atoms with Gasteiger partial charge in [-0.3, -0.25) is 9.48 Å². The van der Waals surface area contributed by atoms with Crippen molar-refractivity contribution in [1.82, 2.24) is 24.6 Å². The summed E-state index contributed by atoms with van der Waals surface area (Å²) in [6.45, 7) is 1.83. The van der Waals surface area contributed by atoms with Crippen LogP contribution >= 0.6 is 0 Å². The zero-order valence-electron chi connectivity index (χ0n) is 13.3. The maximum absolute atomic E-state index is 14.4. The molecule has 0 aromatic carbocycles. The van der Waals surface area contributed by atoms with Gasteiger partial charge in [0.2, 0.25) is 5.91 Å². The maximum Gasteiger partial charge on any atom is 0.225 e. The van der Waals surface area contributed by atoms with Crippen LogP contribution in [0.15, 0.2) is 18.6 Å². The van der Waals surface area contributed by atoms with E-state index in [1.54, 1.807) is 22.8 Å². The summed E-state index contributed by atoms with van der Waals surface area (Å²) in [4.78, 5) is 21.7. The van der Waals surface area contributed by atoms with Gasteiger partial charge in [0.05, 0.1) is 23.5 Å². The number of amides is 1. The van der Waals surface area contributed by atoms with Crippen LogP contribution in [0.25, 0.3) is 0 Å². The molecule has 8 heteroatoms. The van der Waals surface area contributed by atoms with E-state index in [-0.39, 0.29) is 30.2 Å². The minimum absolute atomic E-state index is 0.00104. The van der Waals surface area contributed by atoms with Gasteiger partial charge in [0, 0.05) is 26.7 Å². The van der Waals surface area contributed by atoms with Crippen molar-refractivity contribution >= 4 is 11.7 Å². The Bertz CT molecular complexity index is 731. The van der Waals surface area contributed by atoms with Crippen molar-refractivity contribution in [1.29, 1.82) is 0 Å². The van der Waals surface area contributed by atoms with Gasteiger partial charge in [-0.25, -0.2) is 14.4 Å². The molecule has 0 aliphatic carbocycles. The second-order valence-electron chi connectivity index (χ2n) is 5.62. The van der Waals surface area contributed by atoms with Gasteiger partial charge in [-0.2, -0.15) is 5.10 Å². The van der Waals surface area contributed by atoms with Crippen LogP contribution in [0.5, 0.6) is 0 Å². The van der Waals surface area contributed by atoms with E-state index in [9.17, 15) is 9.18 Å². The molecule has 0 saturated carbocycles. The van der Waals surface area contributed by atoms with Crippen LogP contribution in [0.3, 0.4) is 0 Å². The molecule has 1 amide bonds. The fraction of sp³-hybridized carbons (Fsp3) is 0.467.